The molecule has 0 unspecified atom stereocenters. The lowest BCUT2D eigenvalue weighted by molar-refractivity contribution is 0.103. The van der Waals surface area contributed by atoms with Crippen molar-refractivity contribution in [1.29, 1.82) is 0 Å². The van der Waals surface area contributed by atoms with Crippen LogP contribution in [0.4, 0.5) is 11.4 Å². The van der Waals surface area contributed by atoms with Crippen molar-refractivity contribution in [2.45, 2.75) is 77.3 Å². The summed E-state index contributed by atoms with van der Waals surface area (Å²) in [4.78, 5) is 30.7. The first-order valence-corrected chi connectivity index (χ1v) is 14.2. The summed E-state index contributed by atoms with van der Waals surface area (Å²) >= 11 is 0. The van der Waals surface area contributed by atoms with Gasteiger partial charge in [0.05, 0.1) is 0 Å². The molecule has 0 bridgehead atoms. The summed E-state index contributed by atoms with van der Waals surface area (Å²) in [5.74, 6) is 1.27. The summed E-state index contributed by atoms with van der Waals surface area (Å²) in [6.45, 7) is 4.64. The molecule has 0 spiro atoms. The van der Waals surface area contributed by atoms with Crippen LogP contribution in [0.3, 0.4) is 0 Å². The van der Waals surface area contributed by atoms with Gasteiger partial charge in [-0.3, -0.25) is 9.59 Å². The second-order valence-corrected chi connectivity index (χ2v) is 11.4. The van der Waals surface area contributed by atoms with Crippen molar-refractivity contribution in [3.8, 4) is 0 Å². The van der Waals surface area contributed by atoms with Gasteiger partial charge in [-0.25, -0.2) is 4.98 Å². The summed E-state index contributed by atoms with van der Waals surface area (Å²) in [6.07, 6.45) is 9.78. The highest BCUT2D eigenvalue weighted by molar-refractivity contribution is 6.11. The number of hydrogen-bond donors (Lipinski definition) is 2. The van der Waals surface area contributed by atoms with E-state index in [4.69, 9.17) is 0 Å². The predicted octanol–water partition coefficient (Wildman–Crippen LogP) is 7.52. The lowest BCUT2D eigenvalue weighted by atomic mass is 9.87. The molecule has 2 N–H and O–H groups in total. The summed E-state index contributed by atoms with van der Waals surface area (Å²) in [5, 5.41) is 7.20. The Morgan fingerprint density at radius 2 is 0.947 bits per heavy atom. The Balaban J connectivity index is 1.21. The van der Waals surface area contributed by atoms with Crippen molar-refractivity contribution >= 4 is 22.9 Å². The molecule has 0 radical (unpaired) electrons. The molecule has 0 saturated heterocycles. The van der Waals surface area contributed by atoms with Gasteiger partial charge in [0.15, 0.2) is 0 Å². The Morgan fingerprint density at radius 3 is 1.32 bits per heavy atom. The van der Waals surface area contributed by atoms with E-state index in [1.807, 2.05) is 48.5 Å². The number of nitrogens with one attached hydrogen (secondary N) is 2. The molecule has 5 nitrogen and oxygen atoms in total. The van der Waals surface area contributed by atoms with E-state index in [0.29, 0.717) is 23.2 Å². The van der Waals surface area contributed by atoms with Crippen LogP contribution in [-0.4, -0.2) is 28.6 Å². The van der Waals surface area contributed by atoms with Gasteiger partial charge in [-0.15, -0.1) is 0 Å². The van der Waals surface area contributed by atoms with Gasteiger partial charge in [0.2, 0.25) is 11.6 Å². The van der Waals surface area contributed by atoms with Crippen molar-refractivity contribution < 1.29 is 9.59 Å². The maximum Gasteiger partial charge on any atom is 0.211 e. The standard InChI is InChI=1S/C33H39N3O2/c1-22-6-14-26(15-7-22)34-28-18-10-24(11-19-28)32(37)30-4-3-5-31(36-30)33(38)25-12-20-29(21-13-25)35-27-16-8-23(2)9-17-27/h3-5,10-13,18-23,26-27,34-35H,6-9,14-17H2,1-2H3. The molecular weight excluding hydrogens is 470 g/mol. The Bertz CT molecular complexity index is 1140. The first kappa shape index (κ1) is 26.1. The number of ketones is 2. The van der Waals surface area contributed by atoms with E-state index in [9.17, 15) is 9.59 Å². The summed E-state index contributed by atoms with van der Waals surface area (Å²) < 4.78 is 0. The third kappa shape index (κ3) is 6.50. The second-order valence-electron chi connectivity index (χ2n) is 11.4. The predicted molar refractivity (Wildman–Crippen MR) is 154 cm³/mol. The third-order valence-corrected chi connectivity index (χ3v) is 8.28. The highest BCUT2D eigenvalue weighted by Crippen LogP contribution is 2.27. The molecule has 5 heteroatoms. The molecule has 2 saturated carbocycles. The van der Waals surface area contributed by atoms with E-state index in [1.165, 1.54) is 51.4 Å². The van der Waals surface area contributed by atoms with Crippen LogP contribution in [0.25, 0.3) is 0 Å². The van der Waals surface area contributed by atoms with Gasteiger partial charge >= 0.3 is 0 Å². The van der Waals surface area contributed by atoms with E-state index in [-0.39, 0.29) is 23.0 Å². The van der Waals surface area contributed by atoms with Crippen molar-refractivity contribution in [3.63, 3.8) is 0 Å². The Morgan fingerprint density at radius 1 is 0.579 bits per heavy atom. The second kappa shape index (κ2) is 11.9. The molecule has 2 fully saturated rings. The average molecular weight is 510 g/mol. The first-order valence-electron chi connectivity index (χ1n) is 14.2. The van der Waals surface area contributed by atoms with Crippen molar-refractivity contribution in [2.75, 3.05) is 10.6 Å². The molecule has 2 aromatic carbocycles. The number of aromatic nitrogens is 1. The van der Waals surface area contributed by atoms with E-state index >= 15 is 0 Å². The van der Waals surface area contributed by atoms with Gasteiger partial charge in [-0.1, -0.05) is 19.9 Å². The Kier molecular flexibility index (Phi) is 8.21. The lowest BCUT2D eigenvalue weighted by Crippen LogP contribution is -2.25. The Labute approximate surface area is 226 Å². The molecule has 1 aromatic heterocycles. The van der Waals surface area contributed by atoms with E-state index in [0.717, 1.165) is 23.2 Å². The van der Waals surface area contributed by atoms with Crippen LogP contribution in [0.5, 0.6) is 0 Å². The first-order chi connectivity index (χ1) is 18.4. The van der Waals surface area contributed by atoms with Gasteiger partial charge < -0.3 is 10.6 Å². The number of rotatable bonds is 8. The molecule has 198 valence electrons. The minimum absolute atomic E-state index is 0.181. The van der Waals surface area contributed by atoms with E-state index in [2.05, 4.69) is 29.5 Å². The van der Waals surface area contributed by atoms with Gasteiger partial charge in [0.1, 0.15) is 11.4 Å². The minimum atomic E-state index is -0.181. The van der Waals surface area contributed by atoms with Crippen molar-refractivity contribution in [3.05, 3.63) is 89.2 Å². The largest absolute Gasteiger partial charge is 0.382 e. The monoisotopic (exact) mass is 509 g/mol. The van der Waals surface area contributed by atoms with Crippen molar-refractivity contribution in [2.24, 2.45) is 11.8 Å². The number of hydrogen-bond acceptors (Lipinski definition) is 5. The molecule has 2 aliphatic rings. The molecule has 1 heterocycles. The zero-order valence-electron chi connectivity index (χ0n) is 22.6. The number of anilines is 2. The van der Waals surface area contributed by atoms with Gasteiger partial charge in [0.25, 0.3) is 0 Å². The number of benzene rings is 2. The molecular formula is C33H39N3O2. The van der Waals surface area contributed by atoms with Crippen LogP contribution in [0.1, 0.15) is 97.3 Å². The highest BCUT2D eigenvalue weighted by Gasteiger charge is 2.20. The molecule has 2 aliphatic carbocycles. The van der Waals surface area contributed by atoms with Crippen LogP contribution in [0, 0.1) is 11.8 Å². The van der Waals surface area contributed by atoms with Gasteiger partial charge in [0, 0.05) is 34.6 Å². The zero-order valence-corrected chi connectivity index (χ0v) is 22.6. The number of nitrogens with zero attached hydrogens (tertiary/aromatic N) is 1. The quantitative estimate of drug-likeness (QED) is 0.307. The van der Waals surface area contributed by atoms with Crippen LogP contribution >= 0.6 is 0 Å². The van der Waals surface area contributed by atoms with Crippen LogP contribution in [0.15, 0.2) is 66.7 Å². The SMILES string of the molecule is CC1CCC(Nc2ccc(C(=O)c3cccc(C(=O)c4ccc(NC5CCC(C)CC5)cc4)n3)cc2)CC1. The highest BCUT2D eigenvalue weighted by atomic mass is 16.1. The van der Waals surface area contributed by atoms with Gasteiger partial charge in [-0.2, -0.15) is 0 Å². The normalized spacial score (nSPS) is 23.4. The van der Waals surface area contributed by atoms with Crippen LogP contribution < -0.4 is 10.6 Å². The summed E-state index contributed by atoms with van der Waals surface area (Å²) in [7, 11) is 0. The maximum atomic E-state index is 13.1. The lowest BCUT2D eigenvalue weighted by Gasteiger charge is -2.27. The molecule has 3 aromatic rings. The molecule has 0 atom stereocenters. The molecule has 38 heavy (non-hydrogen) atoms. The Hall–Kier alpha value is -3.47. The topological polar surface area (TPSA) is 71.1 Å². The summed E-state index contributed by atoms with van der Waals surface area (Å²) in [5.41, 5.74) is 3.77. The smallest absolute Gasteiger partial charge is 0.211 e. The molecule has 0 aliphatic heterocycles. The van der Waals surface area contributed by atoms with Gasteiger partial charge in [-0.05, 0) is 124 Å². The molecule has 5 rings (SSSR count). The summed E-state index contributed by atoms with van der Waals surface area (Å²) in [6, 6.07) is 21.3. The fraction of sp³-hybridized carbons (Fsp3) is 0.424. The third-order valence-electron chi connectivity index (χ3n) is 8.28. The van der Waals surface area contributed by atoms with Crippen LogP contribution in [0.2, 0.25) is 0 Å². The van der Waals surface area contributed by atoms with E-state index in [1.54, 1.807) is 18.2 Å². The molecule has 0 amide bonds. The maximum absolute atomic E-state index is 13.1. The fourth-order valence-corrected chi connectivity index (χ4v) is 5.70. The zero-order chi connectivity index (χ0) is 26.5. The number of carbonyl (C=O) groups is 2. The average Bonchev–Trinajstić information content (AvgIpc) is 2.96. The van der Waals surface area contributed by atoms with E-state index < -0.39 is 0 Å². The minimum Gasteiger partial charge on any atom is -0.382 e. The van der Waals surface area contributed by atoms with Crippen molar-refractivity contribution in [1.82, 2.24) is 4.98 Å². The van der Waals surface area contributed by atoms with Crippen LogP contribution in [-0.2, 0) is 0 Å². The number of carbonyl (C=O) groups excluding carboxylic acids is 2. The fourth-order valence-electron chi connectivity index (χ4n) is 5.70. The number of pyridine rings is 1.